The molecular weight excluding hydrogens is 274 g/mol. The lowest BCUT2D eigenvalue weighted by Crippen LogP contribution is -2.29. The number of aliphatic carboxylic acids is 1. The first-order chi connectivity index (χ1) is 10.1. The molecular formula is C15H21NO5. The Morgan fingerprint density at radius 1 is 1.29 bits per heavy atom. The summed E-state index contributed by atoms with van der Waals surface area (Å²) in [6.07, 6.45) is 2.54. The summed E-state index contributed by atoms with van der Waals surface area (Å²) in [4.78, 5) is 12.5. The number of aliphatic hydroxyl groups excluding tert-OH is 2. The first-order valence-electron chi connectivity index (χ1n) is 6.62. The van der Waals surface area contributed by atoms with Crippen LogP contribution < -0.4 is 4.74 Å². The molecule has 0 aromatic heterocycles. The van der Waals surface area contributed by atoms with Crippen LogP contribution >= 0.6 is 0 Å². The Morgan fingerprint density at radius 3 is 2.48 bits per heavy atom. The number of carboxylic acid groups (broad SMARTS) is 1. The van der Waals surface area contributed by atoms with Crippen LogP contribution in [0.25, 0.3) is 6.08 Å². The van der Waals surface area contributed by atoms with E-state index in [1.54, 1.807) is 6.07 Å². The number of rotatable bonds is 9. The van der Waals surface area contributed by atoms with Crippen LogP contribution in [0, 0.1) is 0 Å². The summed E-state index contributed by atoms with van der Waals surface area (Å²) in [6.45, 7) is 1.52. The third kappa shape index (κ3) is 5.95. The summed E-state index contributed by atoms with van der Waals surface area (Å²) in [5, 5.41) is 26.7. The highest BCUT2D eigenvalue weighted by Crippen LogP contribution is 2.22. The molecule has 0 unspecified atom stereocenters. The Bertz CT molecular complexity index is 481. The minimum absolute atomic E-state index is 0.0158. The zero-order valence-corrected chi connectivity index (χ0v) is 12.0. The number of aliphatic hydroxyl groups is 2. The van der Waals surface area contributed by atoms with E-state index in [-0.39, 0.29) is 13.2 Å². The van der Waals surface area contributed by atoms with Crippen LogP contribution in [0.15, 0.2) is 24.3 Å². The second kappa shape index (κ2) is 9.12. The van der Waals surface area contributed by atoms with E-state index in [1.807, 2.05) is 17.0 Å². The van der Waals surface area contributed by atoms with Crippen LogP contribution in [0.3, 0.4) is 0 Å². The number of hydrogen-bond donors (Lipinski definition) is 3. The normalized spacial score (nSPS) is 11.2. The smallest absolute Gasteiger partial charge is 0.328 e. The van der Waals surface area contributed by atoms with Crippen molar-refractivity contribution in [2.24, 2.45) is 0 Å². The van der Waals surface area contributed by atoms with Crippen molar-refractivity contribution in [3.63, 3.8) is 0 Å². The van der Waals surface area contributed by atoms with E-state index in [0.29, 0.717) is 30.9 Å². The molecule has 21 heavy (non-hydrogen) atoms. The first kappa shape index (κ1) is 17.2. The minimum atomic E-state index is -1.02. The molecule has 0 aliphatic carbocycles. The van der Waals surface area contributed by atoms with Gasteiger partial charge >= 0.3 is 5.97 Å². The Balaban J connectivity index is 2.92. The molecule has 0 radical (unpaired) electrons. The van der Waals surface area contributed by atoms with Gasteiger partial charge in [0.1, 0.15) is 5.75 Å². The number of benzene rings is 1. The van der Waals surface area contributed by atoms with E-state index < -0.39 is 5.97 Å². The maximum atomic E-state index is 10.6. The van der Waals surface area contributed by atoms with Crippen molar-refractivity contribution in [3.8, 4) is 5.75 Å². The molecule has 0 heterocycles. The number of carbonyl (C=O) groups is 1. The van der Waals surface area contributed by atoms with E-state index in [4.69, 9.17) is 20.1 Å². The molecule has 0 atom stereocenters. The lowest BCUT2D eigenvalue weighted by atomic mass is 10.1. The van der Waals surface area contributed by atoms with E-state index in [1.165, 1.54) is 13.2 Å². The van der Waals surface area contributed by atoms with Gasteiger partial charge < -0.3 is 20.1 Å². The number of carboxylic acids is 1. The predicted molar refractivity (Wildman–Crippen MR) is 79.1 cm³/mol. The maximum absolute atomic E-state index is 10.6. The van der Waals surface area contributed by atoms with E-state index >= 15 is 0 Å². The number of hydrogen-bond acceptors (Lipinski definition) is 5. The van der Waals surface area contributed by atoms with Gasteiger partial charge in [0.05, 0.1) is 20.3 Å². The zero-order valence-electron chi connectivity index (χ0n) is 12.0. The number of methoxy groups -OCH3 is 1. The molecule has 3 N–H and O–H groups in total. The number of ether oxygens (including phenoxy) is 1. The van der Waals surface area contributed by atoms with Gasteiger partial charge in [-0.3, -0.25) is 4.90 Å². The summed E-state index contributed by atoms with van der Waals surface area (Å²) in [5.41, 5.74) is 1.62. The average molecular weight is 295 g/mol. The summed E-state index contributed by atoms with van der Waals surface area (Å²) in [6, 6.07) is 5.48. The summed E-state index contributed by atoms with van der Waals surface area (Å²) < 4.78 is 5.19. The molecule has 6 nitrogen and oxygen atoms in total. The largest absolute Gasteiger partial charge is 0.496 e. The van der Waals surface area contributed by atoms with Crippen LogP contribution in [-0.2, 0) is 11.3 Å². The quantitative estimate of drug-likeness (QED) is 0.577. The third-order valence-corrected chi connectivity index (χ3v) is 2.94. The Morgan fingerprint density at radius 2 is 1.95 bits per heavy atom. The fraction of sp³-hybridized carbons (Fsp3) is 0.400. The monoisotopic (exact) mass is 295 g/mol. The van der Waals surface area contributed by atoms with Crippen molar-refractivity contribution >= 4 is 12.0 Å². The standard InChI is InChI=1S/C15H21NO5/c1-21-14-4-2-12(10-13(14)3-5-15(19)20)11-16(6-8-17)7-9-18/h2-5,10,17-18H,6-9,11H2,1H3,(H,19,20). The lowest BCUT2D eigenvalue weighted by molar-refractivity contribution is -0.131. The van der Waals surface area contributed by atoms with E-state index in [9.17, 15) is 4.79 Å². The van der Waals surface area contributed by atoms with Crippen LogP contribution in [0.1, 0.15) is 11.1 Å². The average Bonchev–Trinajstić information content (AvgIpc) is 2.46. The van der Waals surface area contributed by atoms with Crippen molar-refractivity contribution in [3.05, 3.63) is 35.4 Å². The van der Waals surface area contributed by atoms with E-state index in [0.717, 1.165) is 11.6 Å². The molecule has 0 aliphatic heterocycles. The highest BCUT2D eigenvalue weighted by molar-refractivity contribution is 5.85. The molecule has 0 amide bonds. The second-order valence-electron chi connectivity index (χ2n) is 4.47. The highest BCUT2D eigenvalue weighted by atomic mass is 16.5. The molecule has 6 heteroatoms. The molecule has 1 aromatic carbocycles. The Kier molecular flexibility index (Phi) is 7.45. The molecule has 0 spiro atoms. The minimum Gasteiger partial charge on any atom is -0.496 e. The first-order valence-corrected chi connectivity index (χ1v) is 6.62. The fourth-order valence-electron chi connectivity index (χ4n) is 1.98. The summed E-state index contributed by atoms with van der Waals surface area (Å²) >= 11 is 0. The third-order valence-electron chi connectivity index (χ3n) is 2.94. The topological polar surface area (TPSA) is 90.2 Å². The lowest BCUT2D eigenvalue weighted by Gasteiger charge is -2.20. The molecule has 0 aliphatic rings. The van der Waals surface area contributed by atoms with Gasteiger partial charge in [-0.05, 0) is 23.8 Å². The van der Waals surface area contributed by atoms with Crippen molar-refractivity contribution in [1.82, 2.24) is 4.90 Å². The Hall–Kier alpha value is -1.89. The van der Waals surface area contributed by atoms with E-state index in [2.05, 4.69) is 0 Å². The molecule has 0 bridgehead atoms. The second-order valence-corrected chi connectivity index (χ2v) is 4.47. The van der Waals surface area contributed by atoms with Gasteiger partial charge in [0, 0.05) is 31.3 Å². The van der Waals surface area contributed by atoms with Crippen molar-refractivity contribution in [1.29, 1.82) is 0 Å². The molecule has 1 rings (SSSR count). The highest BCUT2D eigenvalue weighted by Gasteiger charge is 2.07. The fourth-order valence-corrected chi connectivity index (χ4v) is 1.98. The van der Waals surface area contributed by atoms with Gasteiger partial charge in [-0.1, -0.05) is 6.07 Å². The zero-order chi connectivity index (χ0) is 15.7. The van der Waals surface area contributed by atoms with Crippen LogP contribution in [-0.4, -0.2) is 59.6 Å². The SMILES string of the molecule is COc1ccc(CN(CCO)CCO)cc1C=CC(=O)O. The predicted octanol–water partition coefficient (Wildman–Crippen LogP) is 0.580. The summed E-state index contributed by atoms with van der Waals surface area (Å²) in [5.74, 6) is -0.434. The van der Waals surface area contributed by atoms with Gasteiger partial charge in [0.25, 0.3) is 0 Å². The Labute approximate surface area is 123 Å². The van der Waals surface area contributed by atoms with Gasteiger partial charge in [-0.25, -0.2) is 4.79 Å². The van der Waals surface area contributed by atoms with Gasteiger partial charge in [-0.2, -0.15) is 0 Å². The molecule has 0 fully saturated rings. The van der Waals surface area contributed by atoms with Gasteiger partial charge in [0.15, 0.2) is 0 Å². The maximum Gasteiger partial charge on any atom is 0.328 e. The van der Waals surface area contributed by atoms with Crippen molar-refractivity contribution < 1.29 is 24.9 Å². The molecule has 0 saturated carbocycles. The summed E-state index contributed by atoms with van der Waals surface area (Å²) in [7, 11) is 1.52. The molecule has 0 saturated heterocycles. The van der Waals surface area contributed by atoms with Gasteiger partial charge in [-0.15, -0.1) is 0 Å². The van der Waals surface area contributed by atoms with Crippen LogP contribution in [0.2, 0.25) is 0 Å². The van der Waals surface area contributed by atoms with Gasteiger partial charge in [0.2, 0.25) is 0 Å². The van der Waals surface area contributed by atoms with Crippen LogP contribution in [0.4, 0.5) is 0 Å². The molecule has 116 valence electrons. The number of nitrogens with zero attached hydrogens (tertiary/aromatic N) is 1. The van der Waals surface area contributed by atoms with Crippen molar-refractivity contribution in [2.45, 2.75) is 6.54 Å². The van der Waals surface area contributed by atoms with Crippen LogP contribution in [0.5, 0.6) is 5.75 Å². The van der Waals surface area contributed by atoms with Crippen molar-refractivity contribution in [2.75, 3.05) is 33.4 Å². The molecule has 1 aromatic rings.